The van der Waals surface area contributed by atoms with Gasteiger partial charge in [-0.1, -0.05) is 11.6 Å². The molecule has 2 aromatic rings. The Hall–Kier alpha value is -0.770. The Labute approximate surface area is 110 Å². The van der Waals surface area contributed by atoms with Crippen LogP contribution in [0.5, 0.6) is 0 Å². The van der Waals surface area contributed by atoms with Crippen molar-refractivity contribution in [2.45, 2.75) is 25.2 Å². The summed E-state index contributed by atoms with van der Waals surface area (Å²) in [5.74, 6) is 1.53. The summed E-state index contributed by atoms with van der Waals surface area (Å²) in [6.45, 7) is 0.707. The van der Waals surface area contributed by atoms with Gasteiger partial charge in [0.05, 0.1) is 10.6 Å². The van der Waals surface area contributed by atoms with Crippen molar-refractivity contribution >= 4 is 22.9 Å². The molecule has 0 aliphatic heterocycles. The second-order valence-electron chi connectivity index (χ2n) is 4.03. The maximum absolute atomic E-state index is 5.97. The highest BCUT2D eigenvalue weighted by Gasteiger charge is 2.13. The molecule has 4 heteroatoms. The van der Waals surface area contributed by atoms with Gasteiger partial charge in [0.25, 0.3) is 0 Å². The lowest BCUT2D eigenvalue weighted by Crippen LogP contribution is -2.07. The van der Waals surface area contributed by atoms with Crippen LogP contribution in [0.1, 0.15) is 29.4 Å². The molecule has 1 atom stereocenters. The summed E-state index contributed by atoms with van der Waals surface area (Å²) < 4.78 is 6.20. The van der Waals surface area contributed by atoms with E-state index in [-0.39, 0.29) is 0 Å². The first-order chi connectivity index (χ1) is 8.29. The molecule has 2 rings (SSSR count). The van der Waals surface area contributed by atoms with Gasteiger partial charge in [-0.2, -0.15) is 0 Å². The molecule has 2 heterocycles. The predicted octanol–water partition coefficient (Wildman–Crippen LogP) is 4.06. The van der Waals surface area contributed by atoms with Gasteiger partial charge in [-0.25, -0.2) is 0 Å². The molecule has 0 bridgehead atoms. The lowest BCUT2D eigenvalue weighted by atomic mass is 9.97. The number of rotatable bonds is 6. The highest BCUT2D eigenvalue weighted by atomic mass is 35.5. The standard InChI is InChI=1S/C13H16ClNOS/c14-13-6-5-12(17-13)10(7-8-15)3-4-11-2-1-9-16-11/h1-2,5-6,9-10H,3-4,7-8,15H2. The van der Waals surface area contributed by atoms with E-state index in [2.05, 4.69) is 6.07 Å². The summed E-state index contributed by atoms with van der Waals surface area (Å²) in [4.78, 5) is 1.33. The zero-order valence-corrected chi connectivity index (χ0v) is 11.1. The van der Waals surface area contributed by atoms with Crippen molar-refractivity contribution in [1.29, 1.82) is 0 Å². The molecule has 0 aliphatic rings. The Bertz CT molecular complexity index is 438. The van der Waals surface area contributed by atoms with E-state index in [1.54, 1.807) is 17.6 Å². The third-order valence-corrected chi connectivity index (χ3v) is 4.22. The van der Waals surface area contributed by atoms with E-state index in [9.17, 15) is 0 Å². The summed E-state index contributed by atoms with van der Waals surface area (Å²) in [7, 11) is 0. The van der Waals surface area contributed by atoms with Gasteiger partial charge in [-0.05, 0) is 49.6 Å². The van der Waals surface area contributed by atoms with Crippen molar-refractivity contribution in [2.24, 2.45) is 5.73 Å². The molecule has 1 unspecified atom stereocenters. The van der Waals surface area contributed by atoms with Gasteiger partial charge in [0.15, 0.2) is 0 Å². The number of hydrogen-bond acceptors (Lipinski definition) is 3. The number of nitrogens with two attached hydrogens (primary N) is 1. The van der Waals surface area contributed by atoms with Gasteiger partial charge >= 0.3 is 0 Å². The molecular formula is C13H16ClNOS. The van der Waals surface area contributed by atoms with Gasteiger partial charge in [0.1, 0.15) is 5.76 Å². The third kappa shape index (κ3) is 3.60. The third-order valence-electron chi connectivity index (χ3n) is 2.83. The quantitative estimate of drug-likeness (QED) is 0.859. The lowest BCUT2D eigenvalue weighted by Gasteiger charge is -2.13. The van der Waals surface area contributed by atoms with Crippen LogP contribution in [0.25, 0.3) is 0 Å². The smallest absolute Gasteiger partial charge is 0.103 e. The second kappa shape index (κ2) is 6.24. The normalized spacial score (nSPS) is 12.8. The molecule has 2 nitrogen and oxygen atoms in total. The Kier molecular flexibility index (Phi) is 4.66. The average Bonchev–Trinajstić information content (AvgIpc) is 2.95. The van der Waals surface area contributed by atoms with Crippen molar-refractivity contribution in [3.8, 4) is 0 Å². The minimum absolute atomic E-state index is 0.489. The molecule has 0 spiro atoms. The van der Waals surface area contributed by atoms with E-state index >= 15 is 0 Å². The van der Waals surface area contributed by atoms with Crippen molar-refractivity contribution in [3.05, 3.63) is 45.5 Å². The molecule has 0 radical (unpaired) electrons. The molecule has 17 heavy (non-hydrogen) atoms. The molecule has 92 valence electrons. The second-order valence-corrected chi connectivity index (χ2v) is 5.78. The van der Waals surface area contributed by atoms with Crippen LogP contribution in [0.3, 0.4) is 0 Å². The van der Waals surface area contributed by atoms with E-state index in [0.29, 0.717) is 12.5 Å². The number of thiophene rings is 1. The minimum Gasteiger partial charge on any atom is -0.469 e. The molecule has 0 saturated carbocycles. The van der Waals surface area contributed by atoms with Gasteiger partial charge < -0.3 is 10.2 Å². The predicted molar refractivity (Wildman–Crippen MR) is 72.8 cm³/mol. The van der Waals surface area contributed by atoms with Crippen LogP contribution < -0.4 is 5.73 Å². The molecule has 0 amide bonds. The van der Waals surface area contributed by atoms with Crippen molar-refractivity contribution in [3.63, 3.8) is 0 Å². The summed E-state index contributed by atoms with van der Waals surface area (Å²) in [6.07, 6.45) is 4.72. The maximum Gasteiger partial charge on any atom is 0.103 e. The first-order valence-electron chi connectivity index (χ1n) is 5.77. The summed E-state index contributed by atoms with van der Waals surface area (Å²) >= 11 is 7.63. The van der Waals surface area contributed by atoms with E-state index < -0.39 is 0 Å². The molecule has 0 aromatic carbocycles. The van der Waals surface area contributed by atoms with Crippen LogP contribution in [0.2, 0.25) is 4.34 Å². The van der Waals surface area contributed by atoms with E-state index in [1.165, 1.54) is 4.88 Å². The van der Waals surface area contributed by atoms with E-state index in [0.717, 1.165) is 29.4 Å². The fourth-order valence-corrected chi connectivity index (χ4v) is 3.18. The Morgan fingerprint density at radius 3 is 2.76 bits per heavy atom. The van der Waals surface area contributed by atoms with E-state index in [1.807, 2.05) is 18.2 Å². The molecule has 2 aromatic heterocycles. The highest BCUT2D eigenvalue weighted by Crippen LogP contribution is 2.32. The monoisotopic (exact) mass is 269 g/mol. The molecule has 0 fully saturated rings. The minimum atomic E-state index is 0.489. The molecule has 0 saturated heterocycles. The van der Waals surface area contributed by atoms with Crippen LogP contribution in [0.4, 0.5) is 0 Å². The molecule has 0 aliphatic carbocycles. The Morgan fingerprint density at radius 2 is 2.18 bits per heavy atom. The summed E-state index contributed by atoms with van der Waals surface area (Å²) in [6, 6.07) is 8.00. The Morgan fingerprint density at radius 1 is 1.29 bits per heavy atom. The molecule has 2 N–H and O–H groups in total. The van der Waals surface area contributed by atoms with Crippen LogP contribution >= 0.6 is 22.9 Å². The molecular weight excluding hydrogens is 254 g/mol. The number of furan rings is 1. The fourth-order valence-electron chi connectivity index (χ4n) is 1.95. The number of aryl methyl sites for hydroxylation is 1. The van der Waals surface area contributed by atoms with Crippen molar-refractivity contribution in [2.75, 3.05) is 6.54 Å². The van der Waals surface area contributed by atoms with Crippen LogP contribution in [-0.2, 0) is 6.42 Å². The summed E-state index contributed by atoms with van der Waals surface area (Å²) in [5, 5.41) is 0. The van der Waals surface area contributed by atoms with Gasteiger partial charge in [0.2, 0.25) is 0 Å². The van der Waals surface area contributed by atoms with Gasteiger partial charge in [-0.15, -0.1) is 11.3 Å². The van der Waals surface area contributed by atoms with Gasteiger partial charge in [-0.3, -0.25) is 0 Å². The zero-order chi connectivity index (χ0) is 12.1. The van der Waals surface area contributed by atoms with E-state index in [4.69, 9.17) is 21.8 Å². The first-order valence-corrected chi connectivity index (χ1v) is 6.96. The average molecular weight is 270 g/mol. The SMILES string of the molecule is NCCC(CCc1ccco1)c1ccc(Cl)s1. The topological polar surface area (TPSA) is 39.2 Å². The highest BCUT2D eigenvalue weighted by molar-refractivity contribution is 7.16. The fraction of sp³-hybridized carbons (Fsp3) is 0.385. The Balaban J connectivity index is 1.97. The van der Waals surface area contributed by atoms with Crippen LogP contribution in [0, 0.1) is 0 Å². The van der Waals surface area contributed by atoms with Crippen LogP contribution in [0.15, 0.2) is 34.9 Å². The van der Waals surface area contributed by atoms with Gasteiger partial charge in [0, 0.05) is 11.3 Å². The summed E-state index contributed by atoms with van der Waals surface area (Å²) in [5.41, 5.74) is 5.67. The van der Waals surface area contributed by atoms with Crippen molar-refractivity contribution in [1.82, 2.24) is 0 Å². The maximum atomic E-state index is 5.97. The first kappa shape index (κ1) is 12.7. The zero-order valence-electron chi connectivity index (χ0n) is 9.56. The number of halogens is 1. The largest absolute Gasteiger partial charge is 0.469 e. The van der Waals surface area contributed by atoms with Crippen molar-refractivity contribution < 1.29 is 4.42 Å². The lowest BCUT2D eigenvalue weighted by molar-refractivity contribution is 0.481. The van der Waals surface area contributed by atoms with Crippen LogP contribution in [-0.4, -0.2) is 6.54 Å². The number of hydrogen-bond donors (Lipinski definition) is 1.